The van der Waals surface area contributed by atoms with Crippen molar-refractivity contribution in [2.75, 3.05) is 24.7 Å². The van der Waals surface area contributed by atoms with Gasteiger partial charge in [0, 0.05) is 12.6 Å². The number of nitrogens with zero attached hydrogens (tertiary/aromatic N) is 1. The zero-order chi connectivity index (χ0) is 18.7. The molecule has 25 heavy (non-hydrogen) atoms. The number of esters is 1. The molecule has 0 aliphatic carbocycles. The number of benzene rings is 1. The Morgan fingerprint density at radius 3 is 2.40 bits per heavy atom. The Kier molecular flexibility index (Phi) is 5.87. The third-order valence-corrected chi connectivity index (χ3v) is 6.39. The van der Waals surface area contributed by atoms with E-state index in [4.69, 9.17) is 4.74 Å². The van der Waals surface area contributed by atoms with Gasteiger partial charge in [-0.2, -0.15) is 0 Å². The number of amides is 1. The van der Waals surface area contributed by atoms with Gasteiger partial charge in [0.1, 0.15) is 0 Å². The molecule has 138 valence electrons. The Morgan fingerprint density at radius 1 is 1.24 bits per heavy atom. The molecule has 1 saturated heterocycles. The lowest BCUT2D eigenvalue weighted by atomic mass is 9.85. The van der Waals surface area contributed by atoms with Gasteiger partial charge in [-0.3, -0.25) is 9.59 Å². The third kappa shape index (κ3) is 4.60. The second-order valence-electron chi connectivity index (χ2n) is 6.80. The number of carbonyl (C=O) groups is 2. The van der Waals surface area contributed by atoms with Gasteiger partial charge in [0.25, 0.3) is 5.91 Å². The maximum atomic E-state index is 12.4. The van der Waals surface area contributed by atoms with Crippen LogP contribution in [0.25, 0.3) is 0 Å². The fourth-order valence-electron chi connectivity index (χ4n) is 3.02. The fraction of sp³-hybridized carbons (Fsp3) is 0.556. The molecule has 0 bridgehead atoms. The lowest BCUT2D eigenvalue weighted by Gasteiger charge is -2.28. The second-order valence-corrected chi connectivity index (χ2v) is 9.03. The molecule has 1 fully saturated rings. The molecule has 1 amide bonds. The molecule has 7 heteroatoms. The van der Waals surface area contributed by atoms with Crippen molar-refractivity contribution in [2.24, 2.45) is 0 Å². The molecule has 1 aliphatic rings. The third-order valence-electron chi connectivity index (χ3n) is 4.64. The predicted molar refractivity (Wildman–Crippen MR) is 94.9 cm³/mol. The highest BCUT2D eigenvalue weighted by Crippen LogP contribution is 2.24. The van der Waals surface area contributed by atoms with E-state index in [0.29, 0.717) is 13.0 Å². The van der Waals surface area contributed by atoms with E-state index >= 15 is 0 Å². The number of carbonyl (C=O) groups excluding carboxylic acids is 2. The molecule has 1 aromatic carbocycles. The minimum absolute atomic E-state index is 0.0178. The quantitative estimate of drug-likeness (QED) is 0.713. The van der Waals surface area contributed by atoms with Crippen LogP contribution in [0.5, 0.6) is 0 Å². The predicted octanol–water partition coefficient (Wildman–Crippen LogP) is 1.54. The molecule has 2 rings (SSSR count). The Balaban J connectivity index is 1.97. The van der Waals surface area contributed by atoms with Gasteiger partial charge in [-0.15, -0.1) is 0 Å². The number of ether oxygens (including phenoxy) is 1. The molecule has 0 saturated carbocycles. The maximum absolute atomic E-state index is 12.4. The topological polar surface area (TPSA) is 80.8 Å². The molecule has 0 spiro atoms. The zero-order valence-electron chi connectivity index (χ0n) is 14.9. The first kappa shape index (κ1) is 19.4. The lowest BCUT2D eigenvalue weighted by molar-refractivity contribution is -0.156. The van der Waals surface area contributed by atoms with E-state index in [1.165, 1.54) is 4.90 Å². The van der Waals surface area contributed by atoms with Crippen LogP contribution in [0.15, 0.2) is 30.3 Å². The molecule has 0 N–H and O–H groups in total. The smallest absolute Gasteiger partial charge is 0.316 e. The van der Waals surface area contributed by atoms with Gasteiger partial charge in [0.2, 0.25) is 0 Å². The van der Waals surface area contributed by atoms with Crippen LogP contribution in [0.1, 0.15) is 32.8 Å². The lowest BCUT2D eigenvalue weighted by Crippen LogP contribution is -2.44. The summed E-state index contributed by atoms with van der Waals surface area (Å²) in [5.74, 6) is -0.762. The first-order chi connectivity index (χ1) is 11.7. The van der Waals surface area contributed by atoms with E-state index in [9.17, 15) is 18.0 Å². The van der Waals surface area contributed by atoms with E-state index in [2.05, 4.69) is 0 Å². The monoisotopic (exact) mass is 367 g/mol. The van der Waals surface area contributed by atoms with Gasteiger partial charge < -0.3 is 9.64 Å². The summed E-state index contributed by atoms with van der Waals surface area (Å²) in [5, 5.41) is 0. The van der Waals surface area contributed by atoms with Crippen molar-refractivity contribution in [1.82, 2.24) is 4.90 Å². The van der Waals surface area contributed by atoms with E-state index in [-0.39, 0.29) is 30.1 Å². The number of likely N-dealkylation sites (N-methyl/N-ethyl adjacent to an activating group) is 1. The molecule has 0 radical (unpaired) electrons. The van der Waals surface area contributed by atoms with Crippen LogP contribution in [0.2, 0.25) is 0 Å². The Morgan fingerprint density at radius 2 is 1.88 bits per heavy atom. The van der Waals surface area contributed by atoms with Crippen molar-refractivity contribution >= 4 is 21.7 Å². The van der Waals surface area contributed by atoms with Crippen LogP contribution in [0.4, 0.5) is 0 Å². The summed E-state index contributed by atoms with van der Waals surface area (Å²) in [6, 6.07) is 8.89. The highest BCUT2D eigenvalue weighted by molar-refractivity contribution is 7.91. The van der Waals surface area contributed by atoms with Gasteiger partial charge in [0.15, 0.2) is 16.4 Å². The second kappa shape index (κ2) is 7.56. The minimum atomic E-state index is -3.08. The Hall–Kier alpha value is -1.89. The van der Waals surface area contributed by atoms with E-state index in [1.54, 1.807) is 20.8 Å². The summed E-state index contributed by atoms with van der Waals surface area (Å²) in [7, 11) is -3.08. The minimum Gasteiger partial charge on any atom is -0.455 e. The van der Waals surface area contributed by atoms with E-state index in [1.807, 2.05) is 30.3 Å². The summed E-state index contributed by atoms with van der Waals surface area (Å²) in [6.45, 7) is 5.29. The number of hydrogen-bond donors (Lipinski definition) is 0. The summed E-state index contributed by atoms with van der Waals surface area (Å²) >= 11 is 0. The van der Waals surface area contributed by atoms with Gasteiger partial charge in [-0.05, 0) is 32.8 Å². The molecule has 0 aromatic heterocycles. The largest absolute Gasteiger partial charge is 0.455 e. The van der Waals surface area contributed by atoms with Gasteiger partial charge in [-0.25, -0.2) is 8.42 Å². The molecule has 1 atom stereocenters. The van der Waals surface area contributed by atoms with Crippen molar-refractivity contribution in [2.45, 2.75) is 38.6 Å². The van der Waals surface area contributed by atoms with Crippen LogP contribution < -0.4 is 0 Å². The summed E-state index contributed by atoms with van der Waals surface area (Å²) in [5.41, 5.74) is -0.0587. The molecule has 1 aromatic rings. The molecule has 1 aliphatic heterocycles. The summed E-state index contributed by atoms with van der Waals surface area (Å²) in [4.78, 5) is 26.3. The maximum Gasteiger partial charge on any atom is 0.316 e. The van der Waals surface area contributed by atoms with Crippen molar-refractivity contribution in [3.8, 4) is 0 Å². The Bertz CT molecular complexity index is 727. The average molecular weight is 367 g/mol. The van der Waals surface area contributed by atoms with Crippen LogP contribution in [0.3, 0.4) is 0 Å². The first-order valence-electron chi connectivity index (χ1n) is 8.40. The first-order valence-corrected chi connectivity index (χ1v) is 10.2. The average Bonchev–Trinajstić information content (AvgIpc) is 2.93. The van der Waals surface area contributed by atoms with Crippen molar-refractivity contribution in [3.05, 3.63) is 35.9 Å². The summed E-state index contributed by atoms with van der Waals surface area (Å²) < 4.78 is 28.5. The highest BCUT2D eigenvalue weighted by Gasteiger charge is 2.35. The van der Waals surface area contributed by atoms with Crippen molar-refractivity contribution in [3.63, 3.8) is 0 Å². The van der Waals surface area contributed by atoms with Crippen LogP contribution >= 0.6 is 0 Å². The van der Waals surface area contributed by atoms with E-state index < -0.39 is 21.2 Å². The molecular weight excluding hydrogens is 342 g/mol. The normalized spacial score (nSPS) is 19.4. The highest BCUT2D eigenvalue weighted by atomic mass is 32.2. The van der Waals surface area contributed by atoms with Crippen molar-refractivity contribution < 1.29 is 22.7 Å². The van der Waals surface area contributed by atoms with Gasteiger partial charge in [-0.1, -0.05) is 30.3 Å². The van der Waals surface area contributed by atoms with Crippen LogP contribution in [-0.4, -0.2) is 55.9 Å². The number of rotatable bonds is 6. The molecule has 6 nitrogen and oxygen atoms in total. The molecule has 1 heterocycles. The van der Waals surface area contributed by atoms with E-state index in [0.717, 1.165) is 5.56 Å². The zero-order valence-corrected chi connectivity index (χ0v) is 15.7. The number of hydrogen-bond acceptors (Lipinski definition) is 5. The van der Waals surface area contributed by atoms with Crippen molar-refractivity contribution in [1.29, 1.82) is 0 Å². The van der Waals surface area contributed by atoms with Gasteiger partial charge in [0.05, 0.1) is 16.9 Å². The standard InChI is InChI=1S/C18H25NO5S/c1-4-19(15-10-11-25(22,23)13-15)16(20)12-24-17(21)18(2,3)14-8-6-5-7-9-14/h5-9,15H,4,10-13H2,1-3H3. The van der Waals surface area contributed by atoms with Crippen LogP contribution in [0, 0.1) is 0 Å². The molecular formula is C18H25NO5S. The molecule has 1 unspecified atom stereocenters. The van der Waals surface area contributed by atoms with Crippen LogP contribution in [-0.2, 0) is 29.6 Å². The SMILES string of the molecule is CCN(C(=O)COC(=O)C(C)(C)c1ccccc1)C1CCS(=O)(=O)C1. The number of sulfone groups is 1. The fourth-order valence-corrected chi connectivity index (χ4v) is 4.75. The summed E-state index contributed by atoms with van der Waals surface area (Å²) in [6.07, 6.45) is 0.436. The Labute approximate surface area is 149 Å². The van der Waals surface area contributed by atoms with Gasteiger partial charge >= 0.3 is 5.97 Å².